The fraction of sp³-hybridized carbons (Fsp3) is 0.727. The Morgan fingerprint density at radius 3 is 2.74 bits per heavy atom. The van der Waals surface area contributed by atoms with Crippen LogP contribution in [0.5, 0.6) is 0 Å². The number of hydrogen-bond donors (Lipinski definition) is 4. The third-order valence-electron chi connectivity index (χ3n) is 2.98. The van der Waals surface area contributed by atoms with Gasteiger partial charge in [-0.15, -0.1) is 0 Å². The molecular weight excluding hydrogens is 254 g/mol. The van der Waals surface area contributed by atoms with Crippen LogP contribution in [0, 0.1) is 0 Å². The summed E-state index contributed by atoms with van der Waals surface area (Å²) >= 11 is 0. The van der Waals surface area contributed by atoms with Gasteiger partial charge in [0.05, 0.1) is 0 Å². The number of carbonyl (C=O) groups excluding carboxylic acids is 2. The van der Waals surface area contributed by atoms with Crippen molar-refractivity contribution in [2.75, 3.05) is 20.2 Å². The van der Waals surface area contributed by atoms with Gasteiger partial charge < -0.3 is 25.7 Å². The zero-order valence-electron chi connectivity index (χ0n) is 10.8. The lowest BCUT2D eigenvalue weighted by molar-refractivity contribution is -0.139. The molecule has 0 aromatic heterocycles. The number of carbonyl (C=O) groups is 3. The molecule has 0 bridgehead atoms. The fourth-order valence-corrected chi connectivity index (χ4v) is 1.90. The van der Waals surface area contributed by atoms with E-state index >= 15 is 0 Å². The largest absolute Gasteiger partial charge is 0.480 e. The van der Waals surface area contributed by atoms with Crippen molar-refractivity contribution < 1.29 is 24.6 Å². The van der Waals surface area contributed by atoms with Crippen LogP contribution in [-0.4, -0.2) is 65.3 Å². The predicted molar refractivity (Wildman–Crippen MR) is 65.5 cm³/mol. The molecule has 2 atom stereocenters. The molecule has 0 aromatic rings. The first-order valence-corrected chi connectivity index (χ1v) is 6.08. The number of carboxylic acids is 1. The smallest absolute Gasteiger partial charge is 0.326 e. The number of aliphatic carboxylic acids is 1. The number of likely N-dealkylation sites (tertiary alicyclic amines) is 1. The van der Waals surface area contributed by atoms with Crippen molar-refractivity contribution in [1.82, 2.24) is 15.5 Å². The Hall–Kier alpha value is -1.83. The summed E-state index contributed by atoms with van der Waals surface area (Å²) in [6, 6.07) is -1.91. The number of hydrogen-bond acceptors (Lipinski definition) is 4. The van der Waals surface area contributed by atoms with E-state index in [0.717, 1.165) is 0 Å². The van der Waals surface area contributed by atoms with E-state index in [1.54, 1.807) is 7.05 Å². The molecular formula is C11H19N3O5. The highest BCUT2D eigenvalue weighted by Crippen LogP contribution is 2.09. The monoisotopic (exact) mass is 273 g/mol. The van der Waals surface area contributed by atoms with Crippen molar-refractivity contribution in [2.45, 2.75) is 31.3 Å². The van der Waals surface area contributed by atoms with Gasteiger partial charge in [0.25, 0.3) is 0 Å². The zero-order chi connectivity index (χ0) is 14.4. The first-order valence-electron chi connectivity index (χ1n) is 6.08. The van der Waals surface area contributed by atoms with E-state index in [-0.39, 0.29) is 25.0 Å². The number of nitrogens with zero attached hydrogens (tertiary/aromatic N) is 1. The van der Waals surface area contributed by atoms with Gasteiger partial charge in [-0.1, -0.05) is 0 Å². The molecule has 108 valence electrons. The summed E-state index contributed by atoms with van der Waals surface area (Å²) in [5.74, 6) is -1.16. The van der Waals surface area contributed by atoms with Gasteiger partial charge in [-0.3, -0.25) is 4.79 Å². The molecule has 19 heavy (non-hydrogen) atoms. The van der Waals surface area contributed by atoms with Gasteiger partial charge in [0.2, 0.25) is 5.91 Å². The second-order valence-corrected chi connectivity index (χ2v) is 4.53. The van der Waals surface area contributed by atoms with E-state index in [1.807, 2.05) is 0 Å². The van der Waals surface area contributed by atoms with E-state index < -0.39 is 18.0 Å². The number of aliphatic hydroxyl groups is 1. The number of amides is 3. The quantitative estimate of drug-likeness (QED) is 0.498. The summed E-state index contributed by atoms with van der Waals surface area (Å²) in [7, 11) is 1.65. The van der Waals surface area contributed by atoms with Crippen molar-refractivity contribution in [3.63, 3.8) is 0 Å². The molecule has 0 aliphatic carbocycles. The molecule has 8 heteroatoms. The molecule has 1 aliphatic rings. The summed E-state index contributed by atoms with van der Waals surface area (Å²) in [6.07, 6.45) is 0.848. The second kappa shape index (κ2) is 6.93. The van der Waals surface area contributed by atoms with Crippen LogP contribution in [-0.2, 0) is 9.59 Å². The molecule has 1 aliphatic heterocycles. The summed E-state index contributed by atoms with van der Waals surface area (Å²) in [6.45, 7) is 0.0852. The van der Waals surface area contributed by atoms with Crippen LogP contribution >= 0.6 is 0 Å². The Morgan fingerprint density at radius 1 is 1.53 bits per heavy atom. The molecule has 1 saturated heterocycles. The molecule has 0 aromatic carbocycles. The summed E-state index contributed by atoms with van der Waals surface area (Å²) in [4.78, 5) is 35.2. The maximum absolute atomic E-state index is 11.6. The lowest BCUT2D eigenvalue weighted by atomic mass is 10.1. The van der Waals surface area contributed by atoms with Gasteiger partial charge in [0, 0.05) is 39.1 Å². The van der Waals surface area contributed by atoms with E-state index in [1.165, 1.54) is 4.90 Å². The number of piperidine rings is 1. The molecule has 0 saturated carbocycles. The summed E-state index contributed by atoms with van der Waals surface area (Å²) in [5, 5.41) is 22.4. The summed E-state index contributed by atoms with van der Waals surface area (Å²) < 4.78 is 0. The Bertz CT molecular complexity index is 360. The molecule has 1 heterocycles. The van der Waals surface area contributed by atoms with Gasteiger partial charge in [0.1, 0.15) is 6.04 Å². The minimum atomic E-state index is -1.19. The molecule has 0 spiro atoms. The van der Waals surface area contributed by atoms with Gasteiger partial charge in [-0.25, -0.2) is 9.59 Å². The number of urea groups is 1. The predicted octanol–water partition coefficient (Wildman–Crippen LogP) is -1.26. The average Bonchev–Trinajstić information content (AvgIpc) is 2.33. The topological polar surface area (TPSA) is 119 Å². The third kappa shape index (κ3) is 4.74. The molecule has 0 radical (unpaired) electrons. The van der Waals surface area contributed by atoms with Crippen LogP contribution in [0.25, 0.3) is 0 Å². The fourth-order valence-electron chi connectivity index (χ4n) is 1.90. The highest BCUT2D eigenvalue weighted by Gasteiger charge is 2.25. The third-order valence-corrected chi connectivity index (χ3v) is 2.98. The Balaban J connectivity index is 2.42. The van der Waals surface area contributed by atoms with E-state index in [4.69, 9.17) is 10.2 Å². The van der Waals surface area contributed by atoms with Crippen molar-refractivity contribution in [3.8, 4) is 0 Å². The van der Waals surface area contributed by atoms with Crippen LogP contribution in [0.1, 0.15) is 19.3 Å². The molecule has 1 fully saturated rings. The molecule has 1 rings (SSSR count). The number of carboxylic acid groups (broad SMARTS) is 1. The van der Waals surface area contributed by atoms with Crippen LogP contribution in [0.2, 0.25) is 0 Å². The lowest BCUT2D eigenvalue weighted by Crippen LogP contribution is -2.54. The van der Waals surface area contributed by atoms with Crippen LogP contribution < -0.4 is 10.6 Å². The van der Waals surface area contributed by atoms with Crippen molar-refractivity contribution >= 4 is 17.9 Å². The maximum Gasteiger partial charge on any atom is 0.326 e. The normalized spacial score (nSPS) is 20.8. The van der Waals surface area contributed by atoms with Gasteiger partial charge in [0.15, 0.2) is 0 Å². The number of likely N-dealkylation sites (N-methyl/N-ethyl adjacent to an activating group) is 1. The van der Waals surface area contributed by atoms with Gasteiger partial charge in [-0.05, 0) is 6.42 Å². The lowest BCUT2D eigenvalue weighted by Gasteiger charge is -2.30. The van der Waals surface area contributed by atoms with Crippen molar-refractivity contribution in [3.05, 3.63) is 0 Å². The highest BCUT2D eigenvalue weighted by molar-refractivity contribution is 5.83. The van der Waals surface area contributed by atoms with Crippen molar-refractivity contribution in [1.29, 1.82) is 0 Å². The van der Waals surface area contributed by atoms with Crippen LogP contribution in [0.3, 0.4) is 0 Å². The zero-order valence-corrected chi connectivity index (χ0v) is 10.8. The van der Waals surface area contributed by atoms with Crippen LogP contribution in [0.4, 0.5) is 4.79 Å². The van der Waals surface area contributed by atoms with E-state index in [0.29, 0.717) is 19.4 Å². The highest BCUT2D eigenvalue weighted by atomic mass is 16.4. The van der Waals surface area contributed by atoms with E-state index in [9.17, 15) is 14.4 Å². The second-order valence-electron chi connectivity index (χ2n) is 4.53. The first-order chi connectivity index (χ1) is 8.93. The number of nitrogens with one attached hydrogen (secondary N) is 2. The summed E-state index contributed by atoms with van der Waals surface area (Å²) in [5.41, 5.74) is 0. The molecule has 4 N–H and O–H groups in total. The van der Waals surface area contributed by atoms with Crippen LogP contribution in [0.15, 0.2) is 0 Å². The average molecular weight is 273 g/mol. The van der Waals surface area contributed by atoms with Gasteiger partial charge in [-0.2, -0.15) is 0 Å². The van der Waals surface area contributed by atoms with Crippen molar-refractivity contribution in [2.24, 2.45) is 0 Å². The minimum Gasteiger partial charge on any atom is -0.480 e. The van der Waals surface area contributed by atoms with Gasteiger partial charge >= 0.3 is 12.0 Å². The maximum atomic E-state index is 11.6. The number of aliphatic hydroxyl groups excluding tert-OH is 1. The van der Waals surface area contributed by atoms with E-state index in [2.05, 4.69) is 10.6 Å². The Labute approximate surface area is 110 Å². The number of rotatable bonds is 5. The molecule has 3 amide bonds. The first kappa shape index (κ1) is 15.2. The molecule has 8 nitrogen and oxygen atoms in total. The SMILES string of the molecule is CN1CC(NC(=O)N[C@@H](CCO)C(=O)O)CCC1=O. The Kier molecular flexibility index (Phi) is 5.56. The Morgan fingerprint density at radius 2 is 2.21 bits per heavy atom. The molecule has 1 unspecified atom stereocenters. The minimum absolute atomic E-state index is 0.0298. The standard InChI is InChI=1S/C11H19N3O5/c1-14-6-7(2-3-9(14)16)12-11(19)13-8(4-5-15)10(17)18/h7-8,15H,2-6H2,1H3,(H,17,18)(H2,12,13,19)/t7?,8-/m0/s1.